The second-order valence-corrected chi connectivity index (χ2v) is 6.98. The van der Waals surface area contributed by atoms with Crippen LogP contribution in [0.25, 0.3) is 11.3 Å². The lowest BCUT2D eigenvalue weighted by atomic mass is 10.2. The number of halogens is 2. The van der Waals surface area contributed by atoms with Crippen molar-refractivity contribution in [3.8, 4) is 11.3 Å². The molecule has 1 aliphatic heterocycles. The minimum Gasteiger partial charge on any atom is -0.297 e. The zero-order valence-corrected chi connectivity index (χ0v) is 15.7. The number of rotatable bonds is 4. The molecule has 6 nitrogen and oxygen atoms in total. The fourth-order valence-corrected chi connectivity index (χ4v) is 3.44. The first kappa shape index (κ1) is 18.8. The number of nitrogens with zero attached hydrogens (tertiary/aromatic N) is 2. The predicted octanol–water partition coefficient (Wildman–Crippen LogP) is 3.85. The van der Waals surface area contributed by atoms with Crippen molar-refractivity contribution < 1.29 is 18.4 Å². The van der Waals surface area contributed by atoms with Gasteiger partial charge in [0.25, 0.3) is 5.91 Å². The van der Waals surface area contributed by atoms with Gasteiger partial charge in [-0.25, -0.2) is 18.8 Å². The summed E-state index contributed by atoms with van der Waals surface area (Å²) < 4.78 is 26.5. The molecule has 1 aliphatic rings. The van der Waals surface area contributed by atoms with Crippen molar-refractivity contribution in [2.45, 2.75) is 6.42 Å². The number of carbonyl (C=O) groups excluding carboxylic acids is 2. The van der Waals surface area contributed by atoms with Gasteiger partial charge in [-0.15, -0.1) is 11.3 Å². The quantitative estimate of drug-likeness (QED) is 0.683. The molecule has 2 aromatic carbocycles. The van der Waals surface area contributed by atoms with Gasteiger partial charge >= 0.3 is 0 Å². The van der Waals surface area contributed by atoms with E-state index in [2.05, 4.69) is 15.7 Å². The monoisotopic (exact) mass is 412 g/mol. The molecule has 0 spiro atoms. The van der Waals surface area contributed by atoms with E-state index in [0.717, 1.165) is 23.5 Å². The molecular formula is C20H14F2N4O2S. The fraction of sp³-hybridized carbons (Fsp3) is 0.0500. The zero-order valence-electron chi connectivity index (χ0n) is 14.9. The van der Waals surface area contributed by atoms with Gasteiger partial charge in [-0.2, -0.15) is 0 Å². The topological polar surface area (TPSA) is 74.3 Å². The Labute approximate surface area is 168 Å². The first-order valence-corrected chi connectivity index (χ1v) is 9.46. The van der Waals surface area contributed by atoms with Crippen LogP contribution in [-0.4, -0.2) is 16.8 Å². The number of hydrazine groups is 1. The summed E-state index contributed by atoms with van der Waals surface area (Å²) >= 11 is 1.15. The third-order valence-electron chi connectivity index (χ3n) is 4.16. The van der Waals surface area contributed by atoms with Gasteiger partial charge in [0.2, 0.25) is 5.91 Å². The summed E-state index contributed by atoms with van der Waals surface area (Å²) in [6, 6.07) is 12.4. The van der Waals surface area contributed by atoms with Crippen LogP contribution in [-0.2, 0) is 9.59 Å². The number of hydrogen-bond acceptors (Lipinski definition) is 5. The lowest BCUT2D eigenvalue weighted by molar-refractivity contribution is -0.119. The van der Waals surface area contributed by atoms with Crippen molar-refractivity contribution in [1.29, 1.82) is 0 Å². The molecule has 2 N–H and O–H groups in total. The van der Waals surface area contributed by atoms with Crippen molar-refractivity contribution >= 4 is 34.0 Å². The molecule has 0 bridgehead atoms. The molecule has 0 saturated heterocycles. The van der Waals surface area contributed by atoms with Crippen molar-refractivity contribution in [2.75, 3.05) is 10.3 Å². The van der Waals surface area contributed by atoms with Crippen LogP contribution < -0.4 is 15.8 Å². The van der Waals surface area contributed by atoms with Crippen molar-refractivity contribution in [3.05, 3.63) is 77.3 Å². The molecule has 29 heavy (non-hydrogen) atoms. The minimum absolute atomic E-state index is 0.0720. The maximum Gasteiger partial charge on any atom is 0.275 e. The van der Waals surface area contributed by atoms with Gasteiger partial charge in [-0.05, 0) is 36.4 Å². The number of aromatic nitrogens is 1. The van der Waals surface area contributed by atoms with E-state index in [1.165, 1.54) is 17.2 Å². The van der Waals surface area contributed by atoms with Gasteiger partial charge < -0.3 is 0 Å². The Balaban J connectivity index is 1.47. The Morgan fingerprint density at radius 1 is 1.14 bits per heavy atom. The van der Waals surface area contributed by atoms with E-state index in [-0.39, 0.29) is 18.0 Å². The average Bonchev–Trinajstić information content (AvgIpc) is 3.19. The first-order chi connectivity index (χ1) is 14.0. The highest BCUT2D eigenvalue weighted by Crippen LogP contribution is 2.26. The smallest absolute Gasteiger partial charge is 0.275 e. The molecule has 1 aromatic heterocycles. The van der Waals surface area contributed by atoms with E-state index < -0.39 is 17.5 Å². The maximum atomic E-state index is 13.4. The van der Waals surface area contributed by atoms with E-state index in [4.69, 9.17) is 0 Å². The summed E-state index contributed by atoms with van der Waals surface area (Å²) in [4.78, 5) is 29.0. The van der Waals surface area contributed by atoms with Gasteiger partial charge in [-0.3, -0.25) is 20.3 Å². The molecule has 2 amide bonds. The Bertz CT molecular complexity index is 1110. The third kappa shape index (κ3) is 3.99. The van der Waals surface area contributed by atoms with Crippen LogP contribution in [0.15, 0.2) is 65.7 Å². The van der Waals surface area contributed by atoms with E-state index in [9.17, 15) is 18.4 Å². The second-order valence-electron chi connectivity index (χ2n) is 6.12. The number of hydrogen-bond donors (Lipinski definition) is 2. The van der Waals surface area contributed by atoms with Crippen molar-refractivity contribution in [3.63, 3.8) is 0 Å². The number of carbonyl (C=O) groups is 2. The van der Waals surface area contributed by atoms with Crippen LogP contribution in [0.1, 0.15) is 6.42 Å². The highest BCUT2D eigenvalue weighted by Gasteiger charge is 2.24. The molecule has 146 valence electrons. The van der Waals surface area contributed by atoms with E-state index >= 15 is 0 Å². The van der Waals surface area contributed by atoms with Gasteiger partial charge in [0.15, 0.2) is 16.8 Å². The zero-order chi connectivity index (χ0) is 20.4. The minimum atomic E-state index is -0.969. The van der Waals surface area contributed by atoms with Crippen LogP contribution in [0, 0.1) is 11.6 Å². The number of para-hydroxylation sites is 1. The summed E-state index contributed by atoms with van der Waals surface area (Å²) in [6.45, 7) is 0. The number of benzene rings is 2. The second kappa shape index (κ2) is 7.80. The van der Waals surface area contributed by atoms with Gasteiger partial charge in [-0.1, -0.05) is 18.2 Å². The summed E-state index contributed by atoms with van der Waals surface area (Å²) in [5, 5.41) is 5.88. The summed E-state index contributed by atoms with van der Waals surface area (Å²) in [5.41, 5.74) is 4.45. The van der Waals surface area contributed by atoms with E-state index in [0.29, 0.717) is 22.1 Å². The Hall–Kier alpha value is -3.59. The molecule has 0 unspecified atom stereocenters. The Morgan fingerprint density at radius 2 is 1.93 bits per heavy atom. The summed E-state index contributed by atoms with van der Waals surface area (Å²) in [7, 11) is 0. The molecule has 0 fully saturated rings. The molecule has 0 aliphatic carbocycles. The summed E-state index contributed by atoms with van der Waals surface area (Å²) in [6.07, 6.45) is 1.57. The highest BCUT2D eigenvalue weighted by molar-refractivity contribution is 7.14. The molecule has 9 heteroatoms. The molecule has 0 saturated carbocycles. The Kier molecular flexibility index (Phi) is 5.05. The van der Waals surface area contributed by atoms with Gasteiger partial charge in [0.05, 0.1) is 11.4 Å². The largest absolute Gasteiger partial charge is 0.297 e. The molecule has 4 rings (SSSR count). The number of thiazole rings is 1. The summed E-state index contributed by atoms with van der Waals surface area (Å²) in [5.74, 6) is -2.57. The van der Waals surface area contributed by atoms with Crippen LogP contribution >= 0.6 is 11.3 Å². The van der Waals surface area contributed by atoms with Crippen LogP contribution in [0.3, 0.4) is 0 Å². The SMILES string of the molecule is O=C(Nc1nc(-c2ccc(F)c(F)c2)cs1)C1=CCC(=O)N(c2ccccc2)N1. The molecule has 3 aromatic rings. The lowest BCUT2D eigenvalue weighted by Gasteiger charge is -2.28. The Morgan fingerprint density at radius 3 is 2.69 bits per heavy atom. The normalized spacial score (nSPS) is 13.7. The number of anilines is 2. The van der Waals surface area contributed by atoms with Crippen molar-refractivity contribution in [2.24, 2.45) is 0 Å². The molecular weight excluding hydrogens is 398 g/mol. The van der Waals surface area contributed by atoms with E-state index in [1.807, 2.05) is 6.07 Å². The fourth-order valence-electron chi connectivity index (χ4n) is 2.72. The van der Waals surface area contributed by atoms with Gasteiger partial charge in [0, 0.05) is 17.4 Å². The third-order valence-corrected chi connectivity index (χ3v) is 4.92. The van der Waals surface area contributed by atoms with Gasteiger partial charge in [0.1, 0.15) is 5.70 Å². The predicted molar refractivity (Wildman–Crippen MR) is 106 cm³/mol. The number of nitrogens with one attached hydrogen (secondary N) is 2. The molecule has 2 heterocycles. The average molecular weight is 412 g/mol. The molecule has 0 atom stereocenters. The first-order valence-electron chi connectivity index (χ1n) is 8.58. The number of amides is 2. The highest BCUT2D eigenvalue weighted by atomic mass is 32.1. The lowest BCUT2D eigenvalue weighted by Crippen LogP contribution is -2.47. The van der Waals surface area contributed by atoms with Crippen LogP contribution in [0.2, 0.25) is 0 Å². The van der Waals surface area contributed by atoms with E-state index in [1.54, 1.807) is 29.6 Å². The van der Waals surface area contributed by atoms with Crippen LogP contribution in [0.4, 0.5) is 19.6 Å². The maximum absolute atomic E-state index is 13.4. The standard InChI is InChI=1S/C20H14F2N4O2S/c21-14-7-6-12(10-15(14)22)17-11-29-20(23-17)24-19(28)16-8-9-18(27)26(25-16)13-4-2-1-3-5-13/h1-8,10-11,25H,9H2,(H,23,24,28). The molecule has 0 radical (unpaired) electrons. The van der Waals surface area contributed by atoms with Crippen molar-refractivity contribution in [1.82, 2.24) is 10.4 Å². The van der Waals surface area contributed by atoms with Crippen LogP contribution in [0.5, 0.6) is 0 Å².